The maximum atomic E-state index is 13.1. The Labute approximate surface area is 237 Å². The first kappa shape index (κ1) is 28.8. The van der Waals surface area contributed by atoms with E-state index in [1.54, 1.807) is 47.0 Å². The van der Waals surface area contributed by atoms with Crippen molar-refractivity contribution >= 4 is 33.6 Å². The highest BCUT2D eigenvalue weighted by Crippen LogP contribution is 2.28. The summed E-state index contributed by atoms with van der Waals surface area (Å²) in [7, 11) is -4.18. The Kier molecular flexibility index (Phi) is 9.23. The van der Waals surface area contributed by atoms with Crippen LogP contribution in [0.25, 0.3) is 11.1 Å². The number of benzene rings is 3. The summed E-state index contributed by atoms with van der Waals surface area (Å²) in [4.78, 5) is 28.4. The smallest absolute Gasteiger partial charge is 0.355 e. The van der Waals surface area contributed by atoms with Crippen LogP contribution < -0.4 is 10.0 Å². The van der Waals surface area contributed by atoms with Crippen molar-refractivity contribution in [3.05, 3.63) is 107 Å². The number of amides is 2. The van der Waals surface area contributed by atoms with E-state index < -0.39 is 22.0 Å². The zero-order valence-corrected chi connectivity index (χ0v) is 23.4. The fraction of sp³-hybridized carbons (Fsp3) is 0.207. The number of imidazole rings is 1. The number of carboxylic acids is 1. The molecule has 2 amide bonds. The normalized spacial score (nSPS) is 11.2. The number of hydrogen-bond acceptors (Lipinski definition) is 5. The van der Waals surface area contributed by atoms with Crippen molar-refractivity contribution in [2.45, 2.75) is 44.2 Å². The molecule has 0 spiro atoms. The molecule has 0 saturated heterocycles. The monoisotopic (exact) mass is 580 g/mol. The van der Waals surface area contributed by atoms with Crippen LogP contribution in [0.15, 0.2) is 83.8 Å². The number of hydrogen-bond donors (Lipinski definition) is 3. The number of aromatic nitrogens is 2. The van der Waals surface area contributed by atoms with Crippen LogP contribution in [0, 0.1) is 0 Å². The van der Waals surface area contributed by atoms with E-state index in [1.165, 1.54) is 6.07 Å². The van der Waals surface area contributed by atoms with Crippen LogP contribution in [-0.2, 0) is 29.5 Å². The molecule has 0 aliphatic carbocycles. The second-order valence-electron chi connectivity index (χ2n) is 9.13. The van der Waals surface area contributed by atoms with Crippen LogP contribution in [0.3, 0.4) is 0 Å². The van der Waals surface area contributed by atoms with E-state index in [0.717, 1.165) is 24.0 Å². The van der Waals surface area contributed by atoms with Gasteiger partial charge in [0.2, 0.25) is 0 Å². The third-order valence-corrected chi connectivity index (χ3v) is 7.92. The van der Waals surface area contributed by atoms with E-state index in [1.807, 2.05) is 37.3 Å². The van der Waals surface area contributed by atoms with Crippen LogP contribution in [0.1, 0.15) is 47.2 Å². The number of rotatable bonds is 11. The molecule has 0 fully saturated rings. The minimum absolute atomic E-state index is 0.0466. The molecular weight excluding hydrogens is 552 g/mol. The number of carbonyl (C=O) groups excluding carboxylic acids is 1. The summed E-state index contributed by atoms with van der Waals surface area (Å²) in [6.45, 7) is 2.46. The van der Waals surface area contributed by atoms with Gasteiger partial charge < -0.3 is 15.0 Å². The number of aryl methyl sites for hydroxylation is 1. The SMILES string of the molecule is CCCCc1nc(Cl)c(C(=O)O)n1Cc1ccc(-c2ccccc2S(=O)(=O)NC(=O)NCc2ccccc2)cc1. The van der Waals surface area contributed by atoms with E-state index in [0.29, 0.717) is 23.4 Å². The van der Waals surface area contributed by atoms with E-state index in [-0.39, 0.29) is 28.8 Å². The molecule has 0 unspecified atom stereocenters. The fourth-order valence-corrected chi connectivity index (χ4v) is 5.71. The largest absolute Gasteiger partial charge is 0.476 e. The molecule has 1 aromatic heterocycles. The first-order chi connectivity index (χ1) is 19.2. The molecule has 9 nitrogen and oxygen atoms in total. The average Bonchev–Trinajstić information content (AvgIpc) is 3.26. The number of carboxylic acid groups (broad SMARTS) is 1. The predicted octanol–water partition coefficient (Wildman–Crippen LogP) is 5.48. The molecule has 208 valence electrons. The number of halogens is 1. The molecule has 1 heterocycles. The van der Waals surface area contributed by atoms with Gasteiger partial charge in [-0.1, -0.05) is 97.7 Å². The van der Waals surface area contributed by atoms with E-state index in [4.69, 9.17) is 11.6 Å². The molecule has 0 bridgehead atoms. The minimum Gasteiger partial charge on any atom is -0.476 e. The number of unbranched alkanes of at least 4 members (excludes halogenated alkanes) is 1. The van der Waals surface area contributed by atoms with Crippen LogP contribution >= 0.6 is 11.6 Å². The Bertz CT molecular complexity index is 1600. The summed E-state index contributed by atoms with van der Waals surface area (Å²) in [6, 6.07) is 21.8. The molecule has 4 rings (SSSR count). The molecule has 11 heteroatoms. The van der Waals surface area contributed by atoms with Crippen molar-refractivity contribution < 1.29 is 23.1 Å². The number of sulfonamides is 1. The van der Waals surface area contributed by atoms with Gasteiger partial charge in [0.05, 0.1) is 4.90 Å². The maximum absolute atomic E-state index is 13.1. The van der Waals surface area contributed by atoms with Crippen molar-refractivity contribution in [3.63, 3.8) is 0 Å². The molecule has 3 aromatic carbocycles. The molecule has 0 saturated carbocycles. The van der Waals surface area contributed by atoms with E-state index in [2.05, 4.69) is 15.0 Å². The first-order valence-electron chi connectivity index (χ1n) is 12.7. The highest BCUT2D eigenvalue weighted by Gasteiger charge is 2.23. The lowest BCUT2D eigenvalue weighted by atomic mass is 10.0. The van der Waals surface area contributed by atoms with Crippen molar-refractivity contribution in [3.8, 4) is 11.1 Å². The van der Waals surface area contributed by atoms with Gasteiger partial charge >= 0.3 is 12.0 Å². The van der Waals surface area contributed by atoms with Gasteiger partial charge in [-0.05, 0) is 29.2 Å². The highest BCUT2D eigenvalue weighted by molar-refractivity contribution is 7.90. The predicted molar refractivity (Wildman–Crippen MR) is 153 cm³/mol. The Hall–Kier alpha value is -4.15. The molecule has 4 aromatic rings. The molecule has 0 atom stereocenters. The Morgan fingerprint density at radius 3 is 2.30 bits per heavy atom. The summed E-state index contributed by atoms with van der Waals surface area (Å²) in [6.07, 6.45) is 2.36. The lowest BCUT2D eigenvalue weighted by Gasteiger charge is -2.14. The van der Waals surface area contributed by atoms with Gasteiger partial charge in [-0.2, -0.15) is 0 Å². The third-order valence-electron chi connectivity index (χ3n) is 6.27. The summed E-state index contributed by atoms with van der Waals surface area (Å²) >= 11 is 6.14. The topological polar surface area (TPSA) is 130 Å². The van der Waals surface area contributed by atoms with Crippen LogP contribution in [0.2, 0.25) is 5.15 Å². The standard InChI is InChI=1S/C29H29ClN4O5S/c1-2-3-13-25-32-27(30)26(28(35)36)34(25)19-21-14-16-22(17-15-21)23-11-7-8-12-24(23)40(38,39)33-29(37)31-18-20-9-5-4-6-10-20/h4-12,14-17H,2-3,13,18-19H2,1H3,(H,35,36)(H2,31,33,37). The minimum atomic E-state index is -4.18. The molecular formula is C29H29ClN4O5S. The zero-order valence-electron chi connectivity index (χ0n) is 21.8. The summed E-state index contributed by atoms with van der Waals surface area (Å²) in [5.41, 5.74) is 2.59. The van der Waals surface area contributed by atoms with Crippen molar-refractivity contribution in [2.24, 2.45) is 0 Å². The summed E-state index contributed by atoms with van der Waals surface area (Å²) in [5, 5.41) is 12.2. The van der Waals surface area contributed by atoms with Gasteiger partial charge in [-0.15, -0.1) is 0 Å². The quantitative estimate of drug-likeness (QED) is 0.215. The molecule has 0 aliphatic rings. The van der Waals surface area contributed by atoms with Crippen LogP contribution in [-0.4, -0.2) is 35.1 Å². The molecule has 40 heavy (non-hydrogen) atoms. The lowest BCUT2D eigenvalue weighted by Crippen LogP contribution is -2.39. The average molecular weight is 581 g/mol. The van der Waals surface area contributed by atoms with E-state index in [9.17, 15) is 23.1 Å². The lowest BCUT2D eigenvalue weighted by molar-refractivity contribution is 0.0685. The molecule has 0 aliphatic heterocycles. The van der Waals surface area contributed by atoms with Crippen molar-refractivity contribution in [1.29, 1.82) is 0 Å². The summed E-state index contributed by atoms with van der Waals surface area (Å²) < 4.78 is 30.0. The van der Waals surface area contributed by atoms with Gasteiger partial charge in [0.15, 0.2) is 10.8 Å². The number of urea groups is 1. The Morgan fingerprint density at radius 1 is 0.950 bits per heavy atom. The van der Waals surface area contributed by atoms with Gasteiger partial charge in [0.1, 0.15) is 5.82 Å². The fourth-order valence-electron chi connectivity index (χ4n) is 4.27. The second-order valence-corrected chi connectivity index (χ2v) is 11.1. The summed E-state index contributed by atoms with van der Waals surface area (Å²) in [5.74, 6) is -0.558. The van der Waals surface area contributed by atoms with Gasteiger partial charge in [0.25, 0.3) is 10.0 Å². The van der Waals surface area contributed by atoms with Crippen molar-refractivity contribution in [2.75, 3.05) is 0 Å². The van der Waals surface area contributed by atoms with Gasteiger partial charge in [-0.3, -0.25) is 0 Å². The Balaban J connectivity index is 1.54. The third kappa shape index (κ3) is 6.88. The van der Waals surface area contributed by atoms with Gasteiger partial charge in [-0.25, -0.2) is 27.7 Å². The Morgan fingerprint density at radius 2 is 1.62 bits per heavy atom. The molecule has 0 radical (unpaired) electrons. The maximum Gasteiger partial charge on any atom is 0.355 e. The van der Waals surface area contributed by atoms with E-state index >= 15 is 0 Å². The highest BCUT2D eigenvalue weighted by atomic mass is 35.5. The second kappa shape index (κ2) is 12.8. The first-order valence-corrected chi connectivity index (χ1v) is 14.6. The number of aromatic carboxylic acids is 1. The molecule has 3 N–H and O–H groups in total. The number of carbonyl (C=O) groups is 2. The van der Waals surface area contributed by atoms with Crippen molar-refractivity contribution in [1.82, 2.24) is 19.6 Å². The number of nitrogens with zero attached hydrogens (tertiary/aromatic N) is 2. The van der Waals surface area contributed by atoms with Crippen LogP contribution in [0.4, 0.5) is 4.79 Å². The number of nitrogens with one attached hydrogen (secondary N) is 2. The van der Waals surface area contributed by atoms with Gasteiger partial charge in [0, 0.05) is 25.1 Å². The zero-order chi connectivity index (χ0) is 28.7. The van der Waals surface area contributed by atoms with Crippen LogP contribution in [0.5, 0.6) is 0 Å².